The second-order valence-electron chi connectivity index (χ2n) is 9.78. The molecule has 1 aromatic rings. The maximum Gasteiger partial charge on any atom is 0.0495 e. The van der Waals surface area contributed by atoms with Crippen LogP contribution in [-0.2, 0) is 38.6 Å². The molecule has 1 nitrogen and oxygen atoms in total. The van der Waals surface area contributed by atoms with Crippen LogP contribution in [0.2, 0.25) is 0 Å². The summed E-state index contributed by atoms with van der Waals surface area (Å²) >= 11 is 0. The summed E-state index contributed by atoms with van der Waals surface area (Å²) in [4.78, 5) is 0. The van der Waals surface area contributed by atoms with Crippen LogP contribution in [0.4, 0.5) is 0 Å². The molecule has 1 aliphatic rings. The average Bonchev–Trinajstić information content (AvgIpc) is 2.62. The van der Waals surface area contributed by atoms with Gasteiger partial charge < -0.3 is 0 Å². The molecule has 0 aliphatic carbocycles. The van der Waals surface area contributed by atoms with Gasteiger partial charge in [-0.3, -0.25) is 4.21 Å². The highest BCUT2D eigenvalue weighted by atomic mass is 32.2. The fourth-order valence-electron chi connectivity index (χ4n) is 3.59. The summed E-state index contributed by atoms with van der Waals surface area (Å²) in [6, 6.07) is 2.42. The second-order valence-corrected chi connectivity index (χ2v) is 11.2. The predicted molar refractivity (Wildman–Crippen MR) is 98.1 cm³/mol. The first-order chi connectivity index (χ1) is 9.73. The average molecular weight is 321 g/mol. The van der Waals surface area contributed by atoms with Crippen molar-refractivity contribution in [3.8, 4) is 0 Å². The lowest BCUT2D eigenvalue weighted by Gasteiger charge is -2.35. The molecule has 2 heteroatoms. The highest BCUT2D eigenvalue weighted by molar-refractivity contribution is 7.83. The zero-order valence-corrected chi connectivity index (χ0v) is 16.6. The number of hydrogen-bond acceptors (Lipinski definition) is 1. The summed E-state index contributed by atoms with van der Waals surface area (Å²) in [7, 11) is -0.745. The van der Waals surface area contributed by atoms with Crippen molar-refractivity contribution >= 4 is 10.8 Å². The molecule has 2 rings (SSSR count). The summed E-state index contributed by atoms with van der Waals surface area (Å²) in [6.07, 6.45) is 0. The Bertz CT molecular complexity index is 619. The summed E-state index contributed by atoms with van der Waals surface area (Å²) in [5.41, 5.74) is 7.28. The molecule has 1 aliphatic heterocycles. The summed E-state index contributed by atoms with van der Waals surface area (Å²) in [5.74, 6) is 1.46. The molecule has 22 heavy (non-hydrogen) atoms. The largest absolute Gasteiger partial charge is 0.259 e. The number of rotatable bonds is 0. The van der Waals surface area contributed by atoms with Gasteiger partial charge in [-0.15, -0.1) is 0 Å². The van der Waals surface area contributed by atoms with Gasteiger partial charge in [0.1, 0.15) is 0 Å². The highest BCUT2D eigenvalue weighted by Crippen LogP contribution is 2.44. The monoisotopic (exact) mass is 320 g/mol. The van der Waals surface area contributed by atoms with Crippen LogP contribution in [0.5, 0.6) is 0 Å². The van der Waals surface area contributed by atoms with Crippen molar-refractivity contribution in [1.82, 2.24) is 0 Å². The van der Waals surface area contributed by atoms with Crippen molar-refractivity contribution in [3.05, 3.63) is 33.9 Å². The lowest BCUT2D eigenvalue weighted by Crippen LogP contribution is -2.26. The first-order valence-electron chi connectivity index (χ1n) is 8.28. The molecule has 0 saturated carbocycles. The van der Waals surface area contributed by atoms with E-state index in [9.17, 15) is 4.21 Å². The summed E-state index contributed by atoms with van der Waals surface area (Å²) < 4.78 is 12.3. The molecular weight excluding hydrogens is 288 g/mol. The third-order valence-corrected chi connectivity index (χ3v) is 5.75. The smallest absolute Gasteiger partial charge is 0.0495 e. The lowest BCUT2D eigenvalue weighted by atomic mass is 9.69. The minimum Gasteiger partial charge on any atom is -0.259 e. The van der Waals surface area contributed by atoms with E-state index in [4.69, 9.17) is 0 Å². The van der Waals surface area contributed by atoms with E-state index in [1.165, 1.54) is 27.8 Å². The van der Waals surface area contributed by atoms with Crippen LogP contribution in [0.25, 0.3) is 0 Å². The quantitative estimate of drug-likeness (QED) is 0.630. The van der Waals surface area contributed by atoms with Crippen molar-refractivity contribution in [2.45, 2.75) is 90.1 Å². The van der Waals surface area contributed by atoms with Crippen LogP contribution in [-0.4, -0.2) is 4.21 Å². The first kappa shape index (κ1) is 17.7. The zero-order valence-electron chi connectivity index (χ0n) is 15.8. The second kappa shape index (κ2) is 5.19. The lowest BCUT2D eigenvalue weighted by molar-refractivity contribution is 0.518. The number of benzene rings is 1. The topological polar surface area (TPSA) is 17.1 Å². The van der Waals surface area contributed by atoms with E-state index in [-0.39, 0.29) is 16.2 Å². The van der Waals surface area contributed by atoms with Crippen LogP contribution < -0.4 is 0 Å². The zero-order chi connectivity index (χ0) is 17.1. The van der Waals surface area contributed by atoms with Gasteiger partial charge in [0.25, 0.3) is 0 Å². The Balaban J connectivity index is 2.92. The molecule has 0 aromatic heterocycles. The molecule has 1 aromatic carbocycles. The van der Waals surface area contributed by atoms with Gasteiger partial charge in [-0.05, 0) is 44.1 Å². The maximum absolute atomic E-state index is 12.3. The Kier molecular flexibility index (Phi) is 4.18. The normalized spacial score (nSPS) is 19.4. The molecule has 0 bridgehead atoms. The van der Waals surface area contributed by atoms with Gasteiger partial charge in [-0.25, -0.2) is 0 Å². The van der Waals surface area contributed by atoms with Crippen molar-refractivity contribution in [3.63, 3.8) is 0 Å². The Morgan fingerprint density at radius 2 is 1.18 bits per heavy atom. The molecule has 0 N–H and O–H groups in total. The van der Waals surface area contributed by atoms with Crippen molar-refractivity contribution in [1.29, 1.82) is 0 Å². The van der Waals surface area contributed by atoms with Crippen LogP contribution in [0.1, 0.15) is 90.1 Å². The molecular formula is C20H32OS. The fourth-order valence-corrected chi connectivity index (χ4v) is 4.99. The van der Waals surface area contributed by atoms with Gasteiger partial charge in [0.05, 0.1) is 0 Å². The van der Waals surface area contributed by atoms with E-state index < -0.39 is 10.8 Å². The van der Waals surface area contributed by atoms with Crippen LogP contribution in [0, 0.1) is 0 Å². The molecule has 1 atom stereocenters. The molecule has 0 fully saturated rings. The van der Waals surface area contributed by atoms with Crippen LogP contribution >= 0.6 is 0 Å². The Morgan fingerprint density at radius 1 is 0.727 bits per heavy atom. The third-order valence-electron chi connectivity index (χ3n) is 4.53. The van der Waals surface area contributed by atoms with E-state index in [2.05, 4.69) is 68.4 Å². The minimum atomic E-state index is -0.745. The summed E-state index contributed by atoms with van der Waals surface area (Å²) in [5, 5.41) is 0. The van der Waals surface area contributed by atoms with Gasteiger partial charge in [0.15, 0.2) is 0 Å². The Morgan fingerprint density at radius 3 is 1.59 bits per heavy atom. The molecule has 0 radical (unpaired) electrons. The first-order valence-corrected chi connectivity index (χ1v) is 9.77. The molecule has 1 unspecified atom stereocenters. The number of hydrogen-bond donors (Lipinski definition) is 0. The molecule has 1 heterocycles. The molecule has 0 spiro atoms. The van der Waals surface area contributed by atoms with Gasteiger partial charge in [-0.2, -0.15) is 0 Å². The van der Waals surface area contributed by atoms with Gasteiger partial charge >= 0.3 is 0 Å². The standard InChI is InChI=1S/C20H32OS/c1-18(2,3)15-10-16(19(4,5)6)17(20(7,8)9)14-12-22(21)11-13(14)15/h10H,11-12H2,1-9H3. The molecule has 0 amide bonds. The van der Waals surface area contributed by atoms with Crippen molar-refractivity contribution in [2.75, 3.05) is 0 Å². The van der Waals surface area contributed by atoms with E-state index in [0.29, 0.717) is 0 Å². The van der Waals surface area contributed by atoms with E-state index in [1.54, 1.807) is 0 Å². The molecule has 124 valence electrons. The highest BCUT2D eigenvalue weighted by Gasteiger charge is 2.36. The fraction of sp³-hybridized carbons (Fsp3) is 0.700. The van der Waals surface area contributed by atoms with Crippen molar-refractivity contribution < 1.29 is 4.21 Å². The van der Waals surface area contributed by atoms with Crippen LogP contribution in [0.3, 0.4) is 0 Å². The Labute approximate surface area is 139 Å². The Hall–Kier alpha value is -0.630. The van der Waals surface area contributed by atoms with Crippen LogP contribution in [0.15, 0.2) is 6.07 Å². The van der Waals surface area contributed by atoms with E-state index in [0.717, 1.165) is 11.5 Å². The SMILES string of the molecule is CC(C)(C)c1cc(C(C)(C)C)c(C(C)(C)C)c2c1CS(=O)C2. The van der Waals surface area contributed by atoms with E-state index in [1.807, 2.05) is 0 Å². The van der Waals surface area contributed by atoms with Gasteiger partial charge in [0.2, 0.25) is 0 Å². The van der Waals surface area contributed by atoms with Gasteiger partial charge in [-0.1, -0.05) is 68.4 Å². The van der Waals surface area contributed by atoms with Gasteiger partial charge in [0, 0.05) is 22.3 Å². The molecule has 0 saturated heterocycles. The maximum atomic E-state index is 12.3. The van der Waals surface area contributed by atoms with Crippen molar-refractivity contribution in [2.24, 2.45) is 0 Å². The predicted octanol–water partition coefficient (Wildman–Crippen LogP) is 5.34. The summed E-state index contributed by atoms with van der Waals surface area (Å²) in [6.45, 7) is 20.6. The third kappa shape index (κ3) is 3.18. The van der Waals surface area contributed by atoms with E-state index >= 15 is 0 Å². The minimum absolute atomic E-state index is 0.0810. The number of fused-ring (bicyclic) bond motifs is 1.